The minimum atomic E-state index is -0.726. The van der Waals surface area contributed by atoms with Crippen LogP contribution >= 0.6 is 0 Å². The van der Waals surface area contributed by atoms with E-state index in [4.69, 9.17) is 10.6 Å². The molecular weight excluding hydrogens is 354 g/mol. The largest absolute Gasteiger partial charge is 0.481 e. The predicted octanol–water partition coefficient (Wildman–Crippen LogP) is 3.94. The summed E-state index contributed by atoms with van der Waals surface area (Å²) in [5, 5.41) is 3.09. The normalized spacial score (nSPS) is 12.0. The summed E-state index contributed by atoms with van der Waals surface area (Å²) in [6.45, 7) is 10.0. The zero-order chi connectivity index (χ0) is 20.8. The van der Waals surface area contributed by atoms with Gasteiger partial charge in [0.25, 0.3) is 11.8 Å². The van der Waals surface area contributed by atoms with Crippen LogP contribution in [0.15, 0.2) is 42.5 Å². The van der Waals surface area contributed by atoms with Gasteiger partial charge in [0.15, 0.2) is 6.10 Å². The number of carbonyl (C=O) groups excluding carboxylic acids is 2. The maximum atomic E-state index is 12.8. The molecule has 0 aliphatic carbocycles. The van der Waals surface area contributed by atoms with E-state index in [0.29, 0.717) is 23.1 Å². The van der Waals surface area contributed by atoms with Crippen molar-refractivity contribution in [3.05, 3.63) is 59.2 Å². The highest BCUT2D eigenvalue weighted by Crippen LogP contribution is 2.32. The average Bonchev–Trinajstić information content (AvgIpc) is 2.67. The highest BCUT2D eigenvalue weighted by Gasteiger charge is 2.17. The number of nitrogens with two attached hydrogens (primary N) is 1. The van der Waals surface area contributed by atoms with Gasteiger partial charge in [-0.05, 0) is 54.2 Å². The third-order valence-electron chi connectivity index (χ3n) is 4.55. The summed E-state index contributed by atoms with van der Waals surface area (Å²) in [6, 6.07) is 12.8. The third kappa shape index (κ3) is 5.10. The Morgan fingerprint density at radius 2 is 1.43 bits per heavy atom. The first kappa shape index (κ1) is 21.4. The van der Waals surface area contributed by atoms with Gasteiger partial charge in [-0.1, -0.05) is 45.9 Å². The molecule has 2 amide bonds. The molecule has 0 radical (unpaired) electrons. The van der Waals surface area contributed by atoms with Gasteiger partial charge >= 0.3 is 0 Å². The number of rotatable bonds is 7. The smallest absolute Gasteiger partial charge is 0.274 e. The Morgan fingerprint density at radius 3 is 1.89 bits per heavy atom. The maximum Gasteiger partial charge on any atom is 0.274 e. The predicted molar refractivity (Wildman–Crippen MR) is 111 cm³/mol. The molecule has 0 aliphatic rings. The second-order valence-electron chi connectivity index (χ2n) is 7.37. The van der Waals surface area contributed by atoms with Crippen LogP contribution in [0.25, 0.3) is 0 Å². The Balaban J connectivity index is 2.21. The number of hydrazine groups is 1. The molecule has 6 heteroatoms. The number of hydrogen-bond donors (Lipinski definition) is 3. The summed E-state index contributed by atoms with van der Waals surface area (Å²) in [7, 11) is 0. The van der Waals surface area contributed by atoms with E-state index in [-0.39, 0.29) is 5.91 Å². The van der Waals surface area contributed by atoms with Crippen molar-refractivity contribution in [1.82, 2.24) is 5.43 Å². The van der Waals surface area contributed by atoms with Crippen molar-refractivity contribution in [2.24, 2.45) is 5.84 Å². The SMILES string of the molecule is CC(C)c1cccc(C(C)C)c1NC(=O)c1ccc(O[C@H](C)C(=O)NN)cc1. The molecule has 0 spiro atoms. The van der Waals surface area contributed by atoms with Crippen LogP contribution in [0.1, 0.15) is 67.9 Å². The van der Waals surface area contributed by atoms with E-state index in [1.165, 1.54) is 0 Å². The van der Waals surface area contributed by atoms with Crippen molar-refractivity contribution >= 4 is 17.5 Å². The van der Waals surface area contributed by atoms with E-state index in [1.54, 1.807) is 31.2 Å². The van der Waals surface area contributed by atoms with Crippen molar-refractivity contribution in [2.45, 2.75) is 52.6 Å². The average molecular weight is 383 g/mol. The van der Waals surface area contributed by atoms with E-state index in [2.05, 4.69) is 33.0 Å². The highest BCUT2D eigenvalue weighted by molar-refractivity contribution is 6.05. The van der Waals surface area contributed by atoms with E-state index in [9.17, 15) is 9.59 Å². The molecule has 0 bridgehead atoms. The molecule has 0 aromatic heterocycles. The molecule has 1 atom stereocenters. The quantitative estimate of drug-likeness (QED) is 0.383. The van der Waals surface area contributed by atoms with E-state index in [0.717, 1.165) is 16.8 Å². The van der Waals surface area contributed by atoms with Gasteiger partial charge in [-0.15, -0.1) is 0 Å². The van der Waals surface area contributed by atoms with Gasteiger partial charge in [0.1, 0.15) is 5.75 Å². The molecule has 28 heavy (non-hydrogen) atoms. The third-order valence-corrected chi connectivity index (χ3v) is 4.55. The van der Waals surface area contributed by atoms with Crippen LogP contribution in [0, 0.1) is 0 Å². The number of hydrogen-bond acceptors (Lipinski definition) is 4. The molecule has 0 unspecified atom stereocenters. The molecule has 6 nitrogen and oxygen atoms in total. The number of carbonyl (C=O) groups is 2. The Hall–Kier alpha value is -2.86. The van der Waals surface area contributed by atoms with Crippen molar-refractivity contribution in [1.29, 1.82) is 0 Å². The second kappa shape index (κ2) is 9.37. The fraction of sp³-hybridized carbons (Fsp3) is 0.364. The lowest BCUT2D eigenvalue weighted by atomic mass is 9.92. The van der Waals surface area contributed by atoms with E-state index < -0.39 is 12.0 Å². The first-order valence-electron chi connectivity index (χ1n) is 9.45. The fourth-order valence-corrected chi connectivity index (χ4v) is 2.94. The molecule has 2 aromatic carbocycles. The first-order valence-corrected chi connectivity index (χ1v) is 9.45. The lowest BCUT2D eigenvalue weighted by Crippen LogP contribution is -2.40. The molecule has 4 N–H and O–H groups in total. The van der Waals surface area contributed by atoms with Crippen LogP contribution in [-0.4, -0.2) is 17.9 Å². The van der Waals surface area contributed by atoms with Crippen molar-refractivity contribution < 1.29 is 14.3 Å². The van der Waals surface area contributed by atoms with Gasteiger partial charge in [0.2, 0.25) is 0 Å². The zero-order valence-corrected chi connectivity index (χ0v) is 17.1. The lowest BCUT2D eigenvalue weighted by Gasteiger charge is -2.20. The van der Waals surface area contributed by atoms with Gasteiger partial charge in [0.05, 0.1) is 0 Å². The van der Waals surface area contributed by atoms with Gasteiger partial charge in [-0.25, -0.2) is 5.84 Å². The Morgan fingerprint density at radius 1 is 0.893 bits per heavy atom. The van der Waals surface area contributed by atoms with Crippen LogP contribution in [0.4, 0.5) is 5.69 Å². The summed E-state index contributed by atoms with van der Waals surface area (Å²) in [5.74, 6) is 5.56. The molecular formula is C22H29N3O3. The maximum absolute atomic E-state index is 12.8. The molecule has 150 valence electrons. The highest BCUT2D eigenvalue weighted by atomic mass is 16.5. The summed E-state index contributed by atoms with van der Waals surface area (Å²) in [6.07, 6.45) is -0.726. The van der Waals surface area contributed by atoms with Crippen LogP contribution in [0.3, 0.4) is 0 Å². The summed E-state index contributed by atoms with van der Waals surface area (Å²) in [5.41, 5.74) is 5.66. The van der Waals surface area contributed by atoms with E-state index >= 15 is 0 Å². The molecule has 0 aliphatic heterocycles. The van der Waals surface area contributed by atoms with Crippen LogP contribution in [0.2, 0.25) is 0 Å². The molecule has 2 rings (SSSR count). The fourth-order valence-electron chi connectivity index (χ4n) is 2.94. The first-order chi connectivity index (χ1) is 13.2. The standard InChI is InChI=1S/C22H29N3O3/c1-13(2)18-7-6-8-19(14(3)4)20(18)24-22(27)16-9-11-17(12-10-16)28-15(5)21(26)25-23/h6-15H,23H2,1-5H3,(H,24,27)(H,25,26)/t15-/m1/s1. The Labute approximate surface area is 166 Å². The van der Waals surface area contributed by atoms with Crippen molar-refractivity contribution in [2.75, 3.05) is 5.32 Å². The molecule has 0 saturated carbocycles. The number of anilines is 1. The molecule has 0 saturated heterocycles. The van der Waals surface area contributed by atoms with Crippen LogP contribution < -0.4 is 21.3 Å². The van der Waals surface area contributed by atoms with Gasteiger partial charge < -0.3 is 10.1 Å². The molecule has 2 aromatic rings. The number of ether oxygens (including phenoxy) is 1. The van der Waals surface area contributed by atoms with Crippen molar-refractivity contribution in [3.63, 3.8) is 0 Å². The van der Waals surface area contributed by atoms with Gasteiger partial charge in [-0.2, -0.15) is 0 Å². The second-order valence-corrected chi connectivity index (χ2v) is 7.37. The van der Waals surface area contributed by atoms with Crippen LogP contribution in [0.5, 0.6) is 5.75 Å². The summed E-state index contributed by atoms with van der Waals surface area (Å²) >= 11 is 0. The number of para-hydroxylation sites is 1. The monoisotopic (exact) mass is 383 g/mol. The Bertz CT molecular complexity index is 803. The minimum Gasteiger partial charge on any atom is -0.481 e. The van der Waals surface area contributed by atoms with Crippen molar-refractivity contribution in [3.8, 4) is 5.75 Å². The van der Waals surface area contributed by atoms with Crippen LogP contribution in [-0.2, 0) is 4.79 Å². The topological polar surface area (TPSA) is 93.4 Å². The summed E-state index contributed by atoms with van der Waals surface area (Å²) < 4.78 is 5.50. The lowest BCUT2D eigenvalue weighted by molar-refractivity contribution is -0.127. The van der Waals surface area contributed by atoms with Gasteiger partial charge in [-0.3, -0.25) is 15.0 Å². The molecule has 0 heterocycles. The minimum absolute atomic E-state index is 0.186. The number of nitrogens with one attached hydrogen (secondary N) is 2. The zero-order valence-electron chi connectivity index (χ0n) is 17.1. The summed E-state index contributed by atoms with van der Waals surface area (Å²) in [4.78, 5) is 24.3. The molecule has 0 fully saturated rings. The van der Waals surface area contributed by atoms with Gasteiger partial charge in [0, 0.05) is 11.3 Å². The van der Waals surface area contributed by atoms with E-state index in [1.807, 2.05) is 23.6 Å². The number of amides is 2. The Kier molecular flexibility index (Phi) is 7.18. The number of benzene rings is 2.